The predicted molar refractivity (Wildman–Crippen MR) is 77.4 cm³/mol. The fourth-order valence-corrected chi connectivity index (χ4v) is 2.51. The van der Waals surface area contributed by atoms with Crippen LogP contribution in [0.3, 0.4) is 0 Å². The van der Waals surface area contributed by atoms with Gasteiger partial charge in [0.2, 0.25) is 0 Å². The van der Waals surface area contributed by atoms with Crippen LogP contribution < -0.4 is 0 Å². The van der Waals surface area contributed by atoms with Crippen molar-refractivity contribution in [3.05, 3.63) is 71.5 Å². The summed E-state index contributed by atoms with van der Waals surface area (Å²) >= 11 is 0. The number of amides is 1. The molecule has 1 fully saturated rings. The smallest absolute Gasteiger partial charge is 0.254 e. The van der Waals surface area contributed by atoms with Gasteiger partial charge in [0.1, 0.15) is 11.9 Å². The van der Waals surface area contributed by atoms with Gasteiger partial charge in [0.25, 0.3) is 5.91 Å². The molecule has 1 aliphatic heterocycles. The summed E-state index contributed by atoms with van der Waals surface area (Å²) in [4.78, 5) is 14.2. The monoisotopic (exact) mass is 285 g/mol. The maximum absolute atomic E-state index is 13.2. The van der Waals surface area contributed by atoms with Gasteiger partial charge in [-0.25, -0.2) is 4.39 Å². The zero-order valence-electron chi connectivity index (χ0n) is 11.5. The molecule has 1 unspecified atom stereocenters. The van der Waals surface area contributed by atoms with Crippen LogP contribution in [0.5, 0.6) is 0 Å². The van der Waals surface area contributed by atoms with E-state index < -0.39 is 5.82 Å². The van der Waals surface area contributed by atoms with Crippen LogP contribution in [0.1, 0.15) is 22.0 Å². The highest BCUT2D eigenvalue weighted by atomic mass is 19.1. The molecule has 0 aliphatic carbocycles. The molecule has 3 nitrogen and oxygen atoms in total. The number of halogens is 1. The molecule has 4 heteroatoms. The second-order valence-corrected chi connectivity index (χ2v) is 5.03. The number of benzene rings is 2. The van der Waals surface area contributed by atoms with Gasteiger partial charge in [-0.1, -0.05) is 36.4 Å². The fraction of sp³-hybridized carbons (Fsp3) is 0.235. The molecule has 1 amide bonds. The average molecular weight is 285 g/mol. The second-order valence-electron chi connectivity index (χ2n) is 5.03. The van der Waals surface area contributed by atoms with E-state index in [0.29, 0.717) is 25.3 Å². The number of nitrogens with zero attached hydrogens (tertiary/aromatic N) is 1. The Hall–Kier alpha value is -2.20. The largest absolute Gasteiger partial charge is 0.370 e. The van der Waals surface area contributed by atoms with E-state index in [0.717, 1.165) is 5.56 Å². The molecule has 0 saturated carbocycles. The number of ether oxygens (including phenoxy) is 1. The Morgan fingerprint density at radius 3 is 2.71 bits per heavy atom. The Labute approximate surface area is 123 Å². The summed E-state index contributed by atoms with van der Waals surface area (Å²) < 4.78 is 19.0. The Morgan fingerprint density at radius 1 is 1.14 bits per heavy atom. The van der Waals surface area contributed by atoms with E-state index in [1.54, 1.807) is 17.0 Å². The predicted octanol–water partition coefficient (Wildman–Crippen LogP) is 3.04. The second kappa shape index (κ2) is 6.06. The Morgan fingerprint density at radius 2 is 1.95 bits per heavy atom. The van der Waals surface area contributed by atoms with Gasteiger partial charge < -0.3 is 9.64 Å². The van der Waals surface area contributed by atoms with Gasteiger partial charge >= 0.3 is 0 Å². The summed E-state index contributed by atoms with van der Waals surface area (Å²) in [6.45, 7) is 1.50. The van der Waals surface area contributed by atoms with Gasteiger partial charge in [-0.2, -0.15) is 0 Å². The van der Waals surface area contributed by atoms with Gasteiger partial charge in [-0.05, 0) is 23.8 Å². The van der Waals surface area contributed by atoms with Gasteiger partial charge in [-0.3, -0.25) is 4.79 Å². The van der Waals surface area contributed by atoms with Gasteiger partial charge in [-0.15, -0.1) is 0 Å². The molecule has 1 atom stereocenters. The van der Waals surface area contributed by atoms with Crippen molar-refractivity contribution < 1.29 is 13.9 Å². The molecule has 2 aromatic carbocycles. The lowest BCUT2D eigenvalue weighted by Gasteiger charge is -2.33. The van der Waals surface area contributed by atoms with Crippen LogP contribution in [0.25, 0.3) is 0 Å². The number of hydrogen-bond acceptors (Lipinski definition) is 2. The van der Waals surface area contributed by atoms with Crippen LogP contribution in [-0.4, -0.2) is 30.5 Å². The highest BCUT2D eigenvalue weighted by Gasteiger charge is 2.26. The zero-order chi connectivity index (χ0) is 14.7. The normalized spacial score (nSPS) is 18.5. The van der Waals surface area contributed by atoms with E-state index in [1.165, 1.54) is 12.1 Å². The summed E-state index contributed by atoms with van der Waals surface area (Å²) in [5, 5.41) is 0. The first-order chi connectivity index (χ1) is 10.2. The highest BCUT2D eigenvalue weighted by molar-refractivity contribution is 5.94. The van der Waals surface area contributed by atoms with Crippen molar-refractivity contribution in [3.8, 4) is 0 Å². The molecule has 1 aliphatic rings. The van der Waals surface area contributed by atoms with E-state index >= 15 is 0 Å². The van der Waals surface area contributed by atoms with E-state index in [2.05, 4.69) is 0 Å². The summed E-state index contributed by atoms with van der Waals surface area (Å²) in [5.41, 5.74) is 1.43. The maximum Gasteiger partial charge on any atom is 0.254 e. The molecule has 2 aromatic rings. The molecule has 0 radical (unpaired) electrons. The summed E-state index contributed by atoms with van der Waals surface area (Å²) in [6.07, 6.45) is -0.127. The van der Waals surface area contributed by atoms with Crippen LogP contribution in [-0.2, 0) is 4.74 Å². The minimum atomic E-state index is -0.395. The van der Waals surface area contributed by atoms with Crippen LogP contribution in [0.2, 0.25) is 0 Å². The molecule has 0 spiro atoms. The molecule has 3 rings (SSSR count). The Balaban J connectivity index is 1.75. The first-order valence-corrected chi connectivity index (χ1v) is 6.95. The number of morpholine rings is 1. The molecule has 108 valence electrons. The van der Waals surface area contributed by atoms with Crippen LogP contribution in [0.15, 0.2) is 54.6 Å². The first-order valence-electron chi connectivity index (χ1n) is 6.95. The van der Waals surface area contributed by atoms with Crippen molar-refractivity contribution in [1.82, 2.24) is 4.90 Å². The van der Waals surface area contributed by atoms with Gasteiger partial charge in [0.05, 0.1) is 13.2 Å². The summed E-state index contributed by atoms with van der Waals surface area (Å²) in [5.74, 6) is -0.549. The van der Waals surface area contributed by atoms with Gasteiger partial charge in [0.15, 0.2) is 0 Å². The summed E-state index contributed by atoms with van der Waals surface area (Å²) in [7, 11) is 0. The van der Waals surface area contributed by atoms with Crippen molar-refractivity contribution in [2.75, 3.05) is 19.7 Å². The van der Waals surface area contributed by atoms with Crippen LogP contribution in [0.4, 0.5) is 4.39 Å². The quantitative estimate of drug-likeness (QED) is 0.849. The van der Waals surface area contributed by atoms with Crippen molar-refractivity contribution >= 4 is 5.91 Å². The fourth-order valence-electron chi connectivity index (χ4n) is 2.51. The van der Waals surface area contributed by atoms with E-state index in [1.807, 2.05) is 30.3 Å². The third kappa shape index (κ3) is 3.11. The number of rotatable bonds is 2. The number of carbonyl (C=O) groups is 1. The third-order valence-electron chi connectivity index (χ3n) is 3.60. The Bertz CT molecular complexity index is 630. The lowest BCUT2D eigenvalue weighted by molar-refractivity contribution is -0.0228. The molecule has 0 aromatic heterocycles. The third-order valence-corrected chi connectivity index (χ3v) is 3.60. The molecular formula is C17H16FNO2. The lowest BCUT2D eigenvalue weighted by Crippen LogP contribution is -2.42. The minimum absolute atomic E-state index is 0.127. The maximum atomic E-state index is 13.2. The lowest BCUT2D eigenvalue weighted by atomic mass is 10.1. The average Bonchev–Trinajstić information content (AvgIpc) is 2.55. The van der Waals surface area contributed by atoms with Crippen molar-refractivity contribution in [2.45, 2.75) is 6.10 Å². The van der Waals surface area contributed by atoms with Gasteiger partial charge in [0, 0.05) is 12.1 Å². The Kier molecular flexibility index (Phi) is 3.97. The zero-order valence-corrected chi connectivity index (χ0v) is 11.5. The van der Waals surface area contributed by atoms with Crippen LogP contribution in [0, 0.1) is 5.82 Å². The topological polar surface area (TPSA) is 29.5 Å². The van der Waals surface area contributed by atoms with E-state index in [-0.39, 0.29) is 12.0 Å². The SMILES string of the molecule is O=C(c1cccc(F)c1)N1CCOC(c2ccccc2)C1. The molecule has 1 saturated heterocycles. The molecule has 21 heavy (non-hydrogen) atoms. The van der Waals surface area contributed by atoms with E-state index in [9.17, 15) is 9.18 Å². The van der Waals surface area contributed by atoms with E-state index in [4.69, 9.17) is 4.74 Å². The standard InChI is InChI=1S/C17H16FNO2/c18-15-8-4-7-14(11-15)17(20)19-9-10-21-16(12-19)13-5-2-1-3-6-13/h1-8,11,16H,9-10,12H2. The molecule has 0 bridgehead atoms. The van der Waals surface area contributed by atoms with Crippen LogP contribution >= 0.6 is 0 Å². The molecular weight excluding hydrogens is 269 g/mol. The first kappa shape index (κ1) is 13.8. The molecule has 0 N–H and O–H groups in total. The van der Waals surface area contributed by atoms with Crippen molar-refractivity contribution in [3.63, 3.8) is 0 Å². The number of carbonyl (C=O) groups excluding carboxylic acids is 1. The summed E-state index contributed by atoms with van der Waals surface area (Å²) in [6, 6.07) is 15.6. The van der Waals surface area contributed by atoms with Crippen molar-refractivity contribution in [1.29, 1.82) is 0 Å². The molecule has 1 heterocycles. The minimum Gasteiger partial charge on any atom is -0.370 e. The van der Waals surface area contributed by atoms with Crippen molar-refractivity contribution in [2.24, 2.45) is 0 Å². The highest BCUT2D eigenvalue weighted by Crippen LogP contribution is 2.23. The number of hydrogen-bond donors (Lipinski definition) is 0.